The van der Waals surface area contributed by atoms with Crippen LogP contribution in [0.15, 0.2) is 12.1 Å². The predicted molar refractivity (Wildman–Crippen MR) is 47.8 cm³/mol. The number of aromatic hydroxyl groups is 1. The second-order valence-corrected chi connectivity index (χ2v) is 3.19. The number of hydrogen-bond donors (Lipinski definition) is 2. The van der Waals surface area contributed by atoms with E-state index in [1.54, 1.807) is 12.1 Å². The topological polar surface area (TPSA) is 48.9 Å². The van der Waals surface area contributed by atoms with Crippen LogP contribution in [0.2, 0.25) is 10.0 Å². The minimum atomic E-state index is -0.158. The second kappa shape index (κ2) is 2.54. The van der Waals surface area contributed by atoms with Gasteiger partial charge in [0.1, 0.15) is 5.52 Å². The molecule has 12 heavy (non-hydrogen) atoms. The molecule has 0 bridgehead atoms. The lowest BCUT2D eigenvalue weighted by Gasteiger charge is -1.92. The number of benzene rings is 1. The SMILES string of the molecule is Oc1nc2c(Cl)cc(Cl)cc2[nH]1. The largest absolute Gasteiger partial charge is 0.480 e. The molecule has 3 nitrogen and oxygen atoms in total. The molecule has 0 fully saturated rings. The number of halogens is 2. The van der Waals surface area contributed by atoms with Gasteiger partial charge in [0.25, 0.3) is 6.01 Å². The fourth-order valence-electron chi connectivity index (χ4n) is 1.03. The van der Waals surface area contributed by atoms with Crippen LogP contribution in [0.3, 0.4) is 0 Å². The molecule has 5 heteroatoms. The summed E-state index contributed by atoms with van der Waals surface area (Å²) in [5.41, 5.74) is 1.16. The van der Waals surface area contributed by atoms with Crippen molar-refractivity contribution in [1.82, 2.24) is 9.97 Å². The molecular formula is C7H4Cl2N2O. The zero-order chi connectivity index (χ0) is 8.72. The Hall–Kier alpha value is -0.930. The lowest BCUT2D eigenvalue weighted by Crippen LogP contribution is -1.71. The number of H-pyrrole nitrogens is 1. The molecule has 0 spiro atoms. The highest BCUT2D eigenvalue weighted by atomic mass is 35.5. The average molecular weight is 203 g/mol. The smallest absolute Gasteiger partial charge is 0.292 e. The first-order chi connectivity index (χ1) is 5.66. The first-order valence-electron chi connectivity index (χ1n) is 3.20. The van der Waals surface area contributed by atoms with E-state index in [0.717, 1.165) is 0 Å². The van der Waals surface area contributed by atoms with Gasteiger partial charge in [-0.1, -0.05) is 23.2 Å². The molecular weight excluding hydrogens is 199 g/mol. The first-order valence-corrected chi connectivity index (χ1v) is 3.96. The van der Waals surface area contributed by atoms with Crippen LogP contribution in [0.5, 0.6) is 6.01 Å². The van der Waals surface area contributed by atoms with E-state index in [1.807, 2.05) is 0 Å². The summed E-state index contributed by atoms with van der Waals surface area (Å²) in [7, 11) is 0. The summed E-state index contributed by atoms with van der Waals surface area (Å²) >= 11 is 11.5. The number of hydrogen-bond acceptors (Lipinski definition) is 2. The van der Waals surface area contributed by atoms with E-state index >= 15 is 0 Å². The average Bonchev–Trinajstić information content (AvgIpc) is 2.29. The zero-order valence-corrected chi connectivity index (χ0v) is 7.32. The number of nitrogens with zero attached hydrogens (tertiary/aromatic N) is 1. The van der Waals surface area contributed by atoms with Gasteiger partial charge >= 0.3 is 0 Å². The van der Waals surface area contributed by atoms with Gasteiger partial charge < -0.3 is 10.1 Å². The van der Waals surface area contributed by atoms with E-state index in [0.29, 0.717) is 21.1 Å². The van der Waals surface area contributed by atoms with Crippen molar-refractivity contribution in [1.29, 1.82) is 0 Å². The van der Waals surface area contributed by atoms with Crippen molar-refractivity contribution < 1.29 is 5.11 Å². The van der Waals surface area contributed by atoms with Gasteiger partial charge in [-0.25, -0.2) is 0 Å². The van der Waals surface area contributed by atoms with Crippen LogP contribution >= 0.6 is 23.2 Å². The van der Waals surface area contributed by atoms with Crippen LogP contribution in [0, 0.1) is 0 Å². The number of nitrogens with one attached hydrogen (secondary N) is 1. The molecule has 2 aromatic rings. The van der Waals surface area contributed by atoms with Gasteiger partial charge in [-0.2, -0.15) is 4.98 Å². The van der Waals surface area contributed by atoms with Gasteiger partial charge in [-0.15, -0.1) is 0 Å². The Bertz CT molecular complexity index is 438. The van der Waals surface area contributed by atoms with Gasteiger partial charge in [0.15, 0.2) is 0 Å². The van der Waals surface area contributed by atoms with Crippen molar-refractivity contribution in [3.05, 3.63) is 22.2 Å². The number of aromatic nitrogens is 2. The first kappa shape index (κ1) is 7.71. The summed E-state index contributed by atoms with van der Waals surface area (Å²) in [6.45, 7) is 0. The van der Waals surface area contributed by atoms with Crippen LogP contribution in [0.4, 0.5) is 0 Å². The molecule has 0 atom stereocenters. The van der Waals surface area contributed by atoms with Crippen molar-refractivity contribution >= 4 is 34.2 Å². The quantitative estimate of drug-likeness (QED) is 0.691. The Kier molecular flexibility index (Phi) is 1.63. The maximum Gasteiger partial charge on any atom is 0.292 e. The van der Waals surface area contributed by atoms with E-state index < -0.39 is 0 Å². The van der Waals surface area contributed by atoms with Gasteiger partial charge in [0, 0.05) is 5.02 Å². The molecule has 0 saturated carbocycles. The van der Waals surface area contributed by atoms with Crippen LogP contribution < -0.4 is 0 Å². The summed E-state index contributed by atoms with van der Waals surface area (Å²) < 4.78 is 0. The lowest BCUT2D eigenvalue weighted by atomic mass is 10.3. The standard InChI is InChI=1S/C7H4Cl2N2O/c8-3-1-4(9)6-5(2-3)10-7(12)11-6/h1-2H,(H2,10,11,12). The summed E-state index contributed by atoms with van der Waals surface area (Å²) in [5, 5.41) is 9.94. The molecule has 2 rings (SSSR count). The number of imidazole rings is 1. The highest BCUT2D eigenvalue weighted by molar-refractivity contribution is 6.38. The predicted octanol–water partition coefficient (Wildman–Crippen LogP) is 2.58. The molecule has 0 amide bonds. The summed E-state index contributed by atoms with van der Waals surface area (Å²) in [6, 6.07) is 3.07. The van der Waals surface area contributed by atoms with E-state index in [4.69, 9.17) is 28.3 Å². The van der Waals surface area contributed by atoms with Gasteiger partial charge in [-0.3, -0.25) is 0 Å². The molecule has 0 aliphatic carbocycles. The minimum Gasteiger partial charge on any atom is -0.480 e. The molecule has 1 heterocycles. The molecule has 2 N–H and O–H groups in total. The molecule has 0 aliphatic rings. The third-order valence-electron chi connectivity index (χ3n) is 1.49. The van der Waals surface area contributed by atoms with Crippen LogP contribution in [-0.2, 0) is 0 Å². The summed E-state index contributed by atoms with van der Waals surface area (Å²) in [6.07, 6.45) is 0. The van der Waals surface area contributed by atoms with Crippen molar-refractivity contribution in [2.75, 3.05) is 0 Å². The minimum absolute atomic E-state index is 0.158. The molecule has 1 aromatic carbocycles. The molecule has 1 aromatic heterocycles. The van der Waals surface area contributed by atoms with Crippen LogP contribution in [0.25, 0.3) is 11.0 Å². The van der Waals surface area contributed by atoms with Gasteiger partial charge in [0.2, 0.25) is 0 Å². The Morgan fingerprint density at radius 2 is 2.08 bits per heavy atom. The van der Waals surface area contributed by atoms with E-state index in [-0.39, 0.29) is 6.01 Å². The fourth-order valence-corrected chi connectivity index (χ4v) is 1.56. The van der Waals surface area contributed by atoms with Crippen molar-refractivity contribution in [2.45, 2.75) is 0 Å². The third-order valence-corrected chi connectivity index (χ3v) is 2.00. The number of rotatable bonds is 0. The van der Waals surface area contributed by atoms with Crippen molar-refractivity contribution in [3.63, 3.8) is 0 Å². The fraction of sp³-hybridized carbons (Fsp3) is 0. The molecule has 0 radical (unpaired) electrons. The third kappa shape index (κ3) is 1.11. The Labute approximate surface area is 77.9 Å². The maximum absolute atomic E-state index is 9.00. The van der Waals surface area contributed by atoms with E-state index in [9.17, 15) is 0 Å². The zero-order valence-electron chi connectivity index (χ0n) is 5.81. The molecule has 0 aliphatic heterocycles. The van der Waals surface area contributed by atoms with Crippen LogP contribution in [0.1, 0.15) is 0 Å². The summed E-state index contributed by atoms with van der Waals surface area (Å²) in [4.78, 5) is 6.38. The normalized spacial score (nSPS) is 10.8. The Morgan fingerprint density at radius 3 is 2.83 bits per heavy atom. The Morgan fingerprint density at radius 1 is 1.33 bits per heavy atom. The second-order valence-electron chi connectivity index (χ2n) is 2.34. The van der Waals surface area contributed by atoms with Crippen molar-refractivity contribution in [3.8, 4) is 6.01 Å². The molecule has 0 unspecified atom stereocenters. The monoisotopic (exact) mass is 202 g/mol. The van der Waals surface area contributed by atoms with E-state index in [1.165, 1.54) is 0 Å². The Balaban J connectivity index is 2.88. The highest BCUT2D eigenvalue weighted by Crippen LogP contribution is 2.27. The summed E-state index contributed by atoms with van der Waals surface area (Å²) in [5.74, 6) is 0. The van der Waals surface area contributed by atoms with Gasteiger partial charge in [0.05, 0.1) is 10.5 Å². The number of fused-ring (bicyclic) bond motifs is 1. The van der Waals surface area contributed by atoms with Crippen molar-refractivity contribution in [2.24, 2.45) is 0 Å². The molecule has 0 saturated heterocycles. The number of aromatic amines is 1. The highest BCUT2D eigenvalue weighted by Gasteiger charge is 2.06. The lowest BCUT2D eigenvalue weighted by molar-refractivity contribution is 0.438. The van der Waals surface area contributed by atoms with E-state index in [2.05, 4.69) is 9.97 Å². The maximum atomic E-state index is 9.00. The molecule has 62 valence electrons. The van der Waals surface area contributed by atoms with Gasteiger partial charge in [-0.05, 0) is 12.1 Å². The van der Waals surface area contributed by atoms with Crippen LogP contribution in [-0.4, -0.2) is 15.1 Å².